The number of thiophene rings is 1. The molecule has 0 aromatic carbocycles. The molecule has 0 radical (unpaired) electrons. The predicted octanol–water partition coefficient (Wildman–Crippen LogP) is 3.63. The Balaban J connectivity index is 1.73. The Kier molecular flexibility index (Phi) is 6.01. The lowest BCUT2D eigenvalue weighted by molar-refractivity contribution is -0.0395. The number of carbonyl (C=O) groups excluding carboxylic acids is 2. The number of hydrogen-bond donors (Lipinski definition) is 1. The monoisotopic (exact) mass is 438 g/mol. The molecule has 11 heteroatoms. The molecule has 4 heterocycles. The van der Waals surface area contributed by atoms with Gasteiger partial charge in [-0.15, -0.1) is 16.4 Å². The Bertz CT molecular complexity index is 1160. The zero-order chi connectivity index (χ0) is 21.8. The highest BCUT2D eigenvalue weighted by atomic mass is 32.1. The van der Waals surface area contributed by atoms with Gasteiger partial charge < -0.3 is 9.47 Å². The molecule has 1 amide bonds. The maximum atomic E-state index is 11.9. The molecule has 1 fully saturated rings. The minimum Gasteiger partial charge on any atom is -0.453 e. The van der Waals surface area contributed by atoms with Crippen LogP contribution in [0.4, 0.5) is 10.6 Å². The molecule has 0 saturated carbocycles. The summed E-state index contributed by atoms with van der Waals surface area (Å²) in [6.45, 7) is 0.672. The van der Waals surface area contributed by atoms with Crippen molar-refractivity contribution in [1.82, 2.24) is 19.7 Å². The Morgan fingerprint density at radius 1 is 1.42 bits per heavy atom. The number of nitrogens with one attached hydrogen (secondary N) is 1. The van der Waals surface area contributed by atoms with Crippen LogP contribution < -0.4 is 5.32 Å². The summed E-state index contributed by atoms with van der Waals surface area (Å²) in [6.07, 6.45) is 5.78. The van der Waals surface area contributed by atoms with Gasteiger partial charge in [-0.3, -0.25) is 10.1 Å². The number of amides is 1. The molecular weight excluding hydrogens is 420 g/mol. The van der Waals surface area contributed by atoms with Crippen molar-refractivity contribution in [3.63, 3.8) is 0 Å². The third-order valence-electron chi connectivity index (χ3n) is 4.77. The van der Waals surface area contributed by atoms with Crippen molar-refractivity contribution in [2.45, 2.75) is 25.5 Å². The van der Waals surface area contributed by atoms with E-state index >= 15 is 0 Å². The lowest BCUT2D eigenvalue weighted by Gasteiger charge is -2.21. The van der Waals surface area contributed by atoms with Crippen molar-refractivity contribution >= 4 is 29.5 Å². The first-order chi connectivity index (χ1) is 15.1. The van der Waals surface area contributed by atoms with E-state index in [-0.39, 0.29) is 23.2 Å². The molecule has 31 heavy (non-hydrogen) atoms. The predicted molar refractivity (Wildman–Crippen MR) is 112 cm³/mol. The fraction of sp³-hybridized carbons (Fsp3) is 0.300. The number of pyridine rings is 1. The maximum Gasteiger partial charge on any atom is 0.412 e. The average molecular weight is 438 g/mol. The van der Waals surface area contributed by atoms with Gasteiger partial charge in [0.1, 0.15) is 18.2 Å². The van der Waals surface area contributed by atoms with Crippen molar-refractivity contribution in [3.05, 3.63) is 35.8 Å². The van der Waals surface area contributed by atoms with E-state index in [9.17, 15) is 14.9 Å². The van der Waals surface area contributed by atoms with Crippen molar-refractivity contribution in [2.24, 2.45) is 0 Å². The molecular formula is C20H18N6O4S. The normalized spacial score (nSPS) is 15.8. The fourth-order valence-corrected chi connectivity index (χ4v) is 4.43. The molecule has 1 saturated heterocycles. The van der Waals surface area contributed by atoms with E-state index < -0.39 is 6.09 Å². The van der Waals surface area contributed by atoms with Gasteiger partial charge in [-0.1, -0.05) is 0 Å². The minimum absolute atomic E-state index is 0.184. The van der Waals surface area contributed by atoms with E-state index in [1.54, 1.807) is 23.1 Å². The van der Waals surface area contributed by atoms with Crippen molar-refractivity contribution < 1.29 is 19.1 Å². The summed E-state index contributed by atoms with van der Waals surface area (Å²) in [7, 11) is 1.25. The fourth-order valence-electron chi connectivity index (χ4n) is 3.28. The van der Waals surface area contributed by atoms with Crippen LogP contribution in [-0.2, 0) is 9.47 Å². The number of nitriles is 1. The van der Waals surface area contributed by atoms with Crippen molar-refractivity contribution in [3.8, 4) is 27.2 Å². The topological polar surface area (TPSA) is 132 Å². The smallest absolute Gasteiger partial charge is 0.412 e. The molecule has 0 bridgehead atoms. The summed E-state index contributed by atoms with van der Waals surface area (Å²) in [5.74, 6) is 0.610. The number of nitrogens with zero attached hydrogens (tertiary/aromatic N) is 5. The first-order valence-electron chi connectivity index (χ1n) is 9.51. The van der Waals surface area contributed by atoms with Crippen LogP contribution >= 0.6 is 11.3 Å². The maximum absolute atomic E-state index is 11.9. The van der Waals surface area contributed by atoms with Crippen LogP contribution in [0.15, 0.2) is 24.7 Å². The van der Waals surface area contributed by atoms with E-state index in [1.807, 2.05) is 0 Å². The Labute approximate surface area is 181 Å². The number of methoxy groups -OCH3 is 1. The second kappa shape index (κ2) is 9.03. The van der Waals surface area contributed by atoms with Crippen LogP contribution in [0.3, 0.4) is 0 Å². The standard InChI is InChI=1S/C20H18N6O4S/c1-29-20(28)24-15-8-12(5-6-22-15)17-13(9-21)14(10-27)18(31-17)19-23-11-26(25-19)16-4-2-3-7-30-16/h5-6,8,10-11,16H,2-4,7H2,1H3,(H,22,24,28). The summed E-state index contributed by atoms with van der Waals surface area (Å²) in [5, 5.41) is 16.7. The van der Waals surface area contributed by atoms with Gasteiger partial charge >= 0.3 is 6.09 Å². The van der Waals surface area contributed by atoms with E-state index in [2.05, 4.69) is 31.2 Å². The van der Waals surface area contributed by atoms with Gasteiger partial charge in [0.2, 0.25) is 0 Å². The molecule has 0 aliphatic carbocycles. The van der Waals surface area contributed by atoms with Crippen LogP contribution in [0.1, 0.15) is 41.4 Å². The van der Waals surface area contributed by atoms with Gasteiger partial charge in [0, 0.05) is 12.8 Å². The lowest BCUT2D eigenvalue weighted by atomic mass is 10.1. The lowest BCUT2D eigenvalue weighted by Crippen LogP contribution is -2.18. The van der Waals surface area contributed by atoms with Gasteiger partial charge in [-0.05, 0) is 37.0 Å². The van der Waals surface area contributed by atoms with E-state index in [0.29, 0.717) is 34.0 Å². The highest BCUT2D eigenvalue weighted by molar-refractivity contribution is 7.19. The van der Waals surface area contributed by atoms with Crippen LogP contribution in [0, 0.1) is 11.3 Å². The molecule has 158 valence electrons. The number of carbonyl (C=O) groups is 2. The summed E-state index contributed by atoms with van der Waals surface area (Å²) in [5.41, 5.74) is 1.06. The second-order valence-corrected chi connectivity index (χ2v) is 7.72. The highest BCUT2D eigenvalue weighted by Crippen LogP contribution is 2.40. The molecule has 1 N–H and O–H groups in total. The van der Waals surface area contributed by atoms with Crippen LogP contribution in [0.25, 0.3) is 21.1 Å². The average Bonchev–Trinajstić information content (AvgIpc) is 3.44. The number of hydrogen-bond acceptors (Lipinski definition) is 9. The van der Waals surface area contributed by atoms with Crippen LogP contribution in [0.2, 0.25) is 0 Å². The molecule has 1 unspecified atom stereocenters. The number of aldehydes is 1. The molecule has 3 aromatic rings. The summed E-state index contributed by atoms with van der Waals surface area (Å²) >= 11 is 1.23. The Morgan fingerprint density at radius 2 is 2.29 bits per heavy atom. The number of anilines is 1. The van der Waals surface area contributed by atoms with Crippen molar-refractivity contribution in [2.75, 3.05) is 19.0 Å². The third kappa shape index (κ3) is 4.16. The summed E-state index contributed by atoms with van der Waals surface area (Å²) in [4.78, 5) is 32.8. The Hall–Kier alpha value is -3.62. The number of rotatable bonds is 5. The SMILES string of the molecule is COC(=O)Nc1cc(-c2sc(-c3ncn(C4CCCCO4)n3)c(C=O)c2C#N)ccn1. The highest BCUT2D eigenvalue weighted by Gasteiger charge is 2.24. The van der Waals surface area contributed by atoms with Gasteiger partial charge in [-0.2, -0.15) is 5.26 Å². The van der Waals surface area contributed by atoms with E-state index in [4.69, 9.17) is 4.74 Å². The van der Waals surface area contributed by atoms with Gasteiger partial charge in [0.05, 0.1) is 28.0 Å². The van der Waals surface area contributed by atoms with Crippen LogP contribution in [-0.4, -0.2) is 45.8 Å². The molecule has 1 aliphatic heterocycles. The van der Waals surface area contributed by atoms with Gasteiger partial charge in [-0.25, -0.2) is 19.4 Å². The Morgan fingerprint density at radius 3 is 3.00 bits per heavy atom. The third-order valence-corrected chi connectivity index (χ3v) is 6.03. The zero-order valence-corrected chi connectivity index (χ0v) is 17.4. The number of ether oxygens (including phenoxy) is 2. The first kappa shape index (κ1) is 20.6. The molecule has 1 aliphatic rings. The zero-order valence-electron chi connectivity index (χ0n) is 16.6. The largest absolute Gasteiger partial charge is 0.453 e. The van der Waals surface area contributed by atoms with E-state index in [1.165, 1.54) is 24.6 Å². The summed E-state index contributed by atoms with van der Waals surface area (Å²) in [6, 6.07) is 5.40. The quantitative estimate of drug-likeness (QED) is 0.597. The number of aromatic nitrogens is 4. The first-order valence-corrected chi connectivity index (χ1v) is 10.3. The molecule has 0 spiro atoms. The summed E-state index contributed by atoms with van der Waals surface area (Å²) < 4.78 is 12.0. The minimum atomic E-state index is -0.662. The molecule has 1 atom stereocenters. The second-order valence-electron chi connectivity index (χ2n) is 6.69. The molecule has 10 nitrogen and oxygen atoms in total. The van der Waals surface area contributed by atoms with Gasteiger partial charge in [0.25, 0.3) is 0 Å². The van der Waals surface area contributed by atoms with Crippen molar-refractivity contribution in [1.29, 1.82) is 5.26 Å². The van der Waals surface area contributed by atoms with E-state index in [0.717, 1.165) is 19.3 Å². The molecule has 3 aromatic heterocycles. The van der Waals surface area contributed by atoms with Crippen LogP contribution in [0.5, 0.6) is 0 Å². The molecule has 4 rings (SSSR count). The van der Waals surface area contributed by atoms with Gasteiger partial charge in [0.15, 0.2) is 18.3 Å².